The molecule has 7 heteroatoms. The van der Waals surface area contributed by atoms with E-state index in [-0.39, 0.29) is 17.7 Å². The predicted octanol–water partition coefficient (Wildman–Crippen LogP) is 3.07. The number of methoxy groups -OCH3 is 1. The van der Waals surface area contributed by atoms with E-state index in [2.05, 4.69) is 17.3 Å². The highest BCUT2D eigenvalue weighted by atomic mass is 16.5. The Morgan fingerprint density at radius 1 is 0.875 bits per heavy atom. The number of para-hydroxylation sites is 1. The van der Waals surface area contributed by atoms with Gasteiger partial charge in [0.15, 0.2) is 0 Å². The number of carbonyl (C=O) groups is 2. The lowest BCUT2D eigenvalue weighted by molar-refractivity contribution is -0.138. The summed E-state index contributed by atoms with van der Waals surface area (Å²) >= 11 is 0. The molecule has 0 radical (unpaired) electrons. The molecular weight excluding hydrogens is 404 g/mol. The number of benzene rings is 2. The summed E-state index contributed by atoms with van der Waals surface area (Å²) in [7, 11) is 3.73. The number of likely N-dealkylation sites (N-methyl/N-ethyl adjacent to an activating group) is 1. The molecule has 0 aromatic heterocycles. The molecule has 170 valence electrons. The van der Waals surface area contributed by atoms with E-state index in [0.717, 1.165) is 56.1 Å². The van der Waals surface area contributed by atoms with Crippen molar-refractivity contribution in [2.75, 3.05) is 58.7 Å². The Bertz CT molecular complexity index is 930. The molecule has 0 bridgehead atoms. The van der Waals surface area contributed by atoms with Gasteiger partial charge in [0.1, 0.15) is 5.75 Å². The number of piperidine rings is 1. The van der Waals surface area contributed by atoms with Crippen molar-refractivity contribution in [3.05, 3.63) is 54.1 Å². The zero-order valence-electron chi connectivity index (χ0n) is 18.9. The number of nitrogens with one attached hydrogen (secondary N) is 1. The van der Waals surface area contributed by atoms with Crippen LogP contribution in [0.1, 0.15) is 23.2 Å². The largest absolute Gasteiger partial charge is 0.497 e. The molecule has 2 aromatic rings. The van der Waals surface area contributed by atoms with E-state index < -0.39 is 0 Å². The van der Waals surface area contributed by atoms with Crippen LogP contribution in [0, 0.1) is 5.92 Å². The number of ether oxygens (including phenoxy) is 1. The first-order valence-corrected chi connectivity index (χ1v) is 11.3. The molecule has 2 heterocycles. The van der Waals surface area contributed by atoms with Gasteiger partial charge in [0, 0.05) is 50.9 Å². The molecule has 7 nitrogen and oxygen atoms in total. The van der Waals surface area contributed by atoms with Crippen molar-refractivity contribution in [2.24, 2.45) is 5.92 Å². The molecule has 32 heavy (non-hydrogen) atoms. The maximum absolute atomic E-state index is 13.3. The first kappa shape index (κ1) is 22.1. The Morgan fingerprint density at radius 2 is 1.53 bits per heavy atom. The van der Waals surface area contributed by atoms with E-state index in [1.54, 1.807) is 7.11 Å². The van der Waals surface area contributed by atoms with Gasteiger partial charge in [-0.3, -0.25) is 9.59 Å². The first-order chi connectivity index (χ1) is 15.5. The molecular formula is C25H32N4O3. The van der Waals surface area contributed by atoms with Gasteiger partial charge in [0.2, 0.25) is 5.91 Å². The second-order valence-corrected chi connectivity index (χ2v) is 8.59. The molecule has 2 aliphatic rings. The van der Waals surface area contributed by atoms with Gasteiger partial charge in [-0.1, -0.05) is 12.1 Å². The highest BCUT2D eigenvalue weighted by molar-refractivity contribution is 6.00. The first-order valence-electron chi connectivity index (χ1n) is 11.3. The maximum Gasteiger partial charge on any atom is 0.255 e. The average Bonchev–Trinajstić information content (AvgIpc) is 2.84. The van der Waals surface area contributed by atoms with Gasteiger partial charge in [-0.2, -0.15) is 0 Å². The van der Waals surface area contributed by atoms with Crippen LogP contribution in [0.3, 0.4) is 0 Å². The third-order valence-electron chi connectivity index (χ3n) is 6.47. The van der Waals surface area contributed by atoms with Crippen LogP contribution in [0.25, 0.3) is 0 Å². The summed E-state index contributed by atoms with van der Waals surface area (Å²) in [6.07, 6.45) is 1.45. The third-order valence-corrected chi connectivity index (χ3v) is 6.47. The predicted molar refractivity (Wildman–Crippen MR) is 125 cm³/mol. The van der Waals surface area contributed by atoms with Crippen LogP contribution < -0.4 is 10.1 Å². The van der Waals surface area contributed by atoms with Crippen molar-refractivity contribution < 1.29 is 14.3 Å². The fourth-order valence-electron chi connectivity index (χ4n) is 4.39. The van der Waals surface area contributed by atoms with E-state index in [1.807, 2.05) is 58.3 Å². The van der Waals surface area contributed by atoms with Crippen molar-refractivity contribution in [3.8, 4) is 5.75 Å². The Hall–Kier alpha value is -3.06. The van der Waals surface area contributed by atoms with Crippen LogP contribution in [0.15, 0.2) is 48.5 Å². The summed E-state index contributed by atoms with van der Waals surface area (Å²) in [5, 5.41) is 3.35. The minimum absolute atomic E-state index is 0.00658. The van der Waals surface area contributed by atoms with Gasteiger partial charge in [-0.05, 0) is 56.3 Å². The number of likely N-dealkylation sites (tertiary alicyclic amines) is 1. The van der Waals surface area contributed by atoms with Crippen LogP contribution in [0.4, 0.5) is 11.4 Å². The normalized spacial score (nSPS) is 17.8. The SMILES string of the molecule is COc1ccc(Nc2ccccc2C(=O)N2CCC(C(=O)N3CCN(C)CC3)CC2)cc1. The number of piperazine rings is 1. The van der Waals surface area contributed by atoms with Crippen molar-refractivity contribution >= 4 is 23.2 Å². The van der Waals surface area contributed by atoms with Gasteiger partial charge < -0.3 is 24.8 Å². The quantitative estimate of drug-likeness (QED) is 0.781. The highest BCUT2D eigenvalue weighted by Gasteiger charge is 2.32. The number of anilines is 2. The number of rotatable bonds is 5. The summed E-state index contributed by atoms with van der Waals surface area (Å²) in [5.41, 5.74) is 2.31. The summed E-state index contributed by atoms with van der Waals surface area (Å²) in [6, 6.07) is 15.2. The molecule has 2 amide bonds. The number of carbonyl (C=O) groups excluding carboxylic acids is 2. The molecule has 0 atom stereocenters. The highest BCUT2D eigenvalue weighted by Crippen LogP contribution is 2.26. The van der Waals surface area contributed by atoms with Crippen LogP contribution in [-0.4, -0.2) is 79.9 Å². The molecule has 0 unspecified atom stereocenters. The molecule has 2 aliphatic heterocycles. The molecule has 4 rings (SSSR count). The van der Waals surface area contributed by atoms with E-state index >= 15 is 0 Å². The van der Waals surface area contributed by atoms with Crippen LogP contribution in [0.2, 0.25) is 0 Å². The minimum Gasteiger partial charge on any atom is -0.497 e. The summed E-state index contributed by atoms with van der Waals surface area (Å²) in [4.78, 5) is 32.3. The van der Waals surface area contributed by atoms with E-state index in [4.69, 9.17) is 4.74 Å². The minimum atomic E-state index is 0.00658. The second kappa shape index (κ2) is 10.0. The fourth-order valence-corrected chi connectivity index (χ4v) is 4.39. The van der Waals surface area contributed by atoms with E-state index in [1.165, 1.54) is 0 Å². The number of hydrogen-bond donors (Lipinski definition) is 1. The van der Waals surface area contributed by atoms with Gasteiger partial charge in [0.25, 0.3) is 5.91 Å². The van der Waals surface area contributed by atoms with Gasteiger partial charge >= 0.3 is 0 Å². The molecule has 2 aromatic carbocycles. The third kappa shape index (κ3) is 5.05. The zero-order valence-corrected chi connectivity index (χ0v) is 18.9. The number of hydrogen-bond acceptors (Lipinski definition) is 5. The van der Waals surface area contributed by atoms with Crippen LogP contribution >= 0.6 is 0 Å². The topological polar surface area (TPSA) is 65.1 Å². The van der Waals surface area contributed by atoms with Crippen molar-refractivity contribution in [1.82, 2.24) is 14.7 Å². The fraction of sp³-hybridized carbons (Fsp3) is 0.440. The molecule has 0 spiro atoms. The second-order valence-electron chi connectivity index (χ2n) is 8.59. The number of nitrogens with zero attached hydrogens (tertiary/aromatic N) is 3. The monoisotopic (exact) mass is 436 g/mol. The van der Waals surface area contributed by atoms with Crippen molar-refractivity contribution in [3.63, 3.8) is 0 Å². The van der Waals surface area contributed by atoms with Crippen LogP contribution in [0.5, 0.6) is 5.75 Å². The molecule has 2 saturated heterocycles. The lowest BCUT2D eigenvalue weighted by Crippen LogP contribution is -2.51. The lowest BCUT2D eigenvalue weighted by atomic mass is 9.94. The maximum atomic E-state index is 13.3. The Balaban J connectivity index is 1.37. The average molecular weight is 437 g/mol. The van der Waals surface area contributed by atoms with Gasteiger partial charge in [-0.25, -0.2) is 0 Å². The Morgan fingerprint density at radius 3 is 2.19 bits per heavy atom. The number of amides is 2. The van der Waals surface area contributed by atoms with E-state index in [9.17, 15) is 9.59 Å². The Labute approximate surface area is 189 Å². The lowest BCUT2D eigenvalue weighted by Gasteiger charge is -2.37. The van der Waals surface area contributed by atoms with Gasteiger partial charge in [0.05, 0.1) is 18.4 Å². The van der Waals surface area contributed by atoms with E-state index in [0.29, 0.717) is 18.7 Å². The van der Waals surface area contributed by atoms with Gasteiger partial charge in [-0.15, -0.1) is 0 Å². The molecule has 1 N–H and O–H groups in total. The molecule has 0 aliphatic carbocycles. The molecule has 2 fully saturated rings. The summed E-state index contributed by atoms with van der Waals surface area (Å²) in [6.45, 7) is 4.69. The Kier molecular flexibility index (Phi) is 6.95. The zero-order chi connectivity index (χ0) is 22.5. The van der Waals surface area contributed by atoms with Crippen LogP contribution in [-0.2, 0) is 4.79 Å². The van der Waals surface area contributed by atoms with Crippen molar-refractivity contribution in [2.45, 2.75) is 12.8 Å². The smallest absolute Gasteiger partial charge is 0.255 e. The van der Waals surface area contributed by atoms with Crippen molar-refractivity contribution in [1.29, 1.82) is 0 Å². The molecule has 0 saturated carbocycles. The summed E-state index contributed by atoms with van der Waals surface area (Å²) in [5.74, 6) is 1.07. The summed E-state index contributed by atoms with van der Waals surface area (Å²) < 4.78 is 5.21. The standard InChI is InChI=1S/C25H32N4O3/c1-27-15-17-29(18-16-27)24(30)19-11-13-28(14-12-19)25(31)22-5-3-4-6-23(22)26-20-7-9-21(32-2)10-8-20/h3-10,19,26H,11-18H2,1-2H3.